The Morgan fingerprint density at radius 1 is 1.29 bits per heavy atom. The fourth-order valence-electron chi connectivity index (χ4n) is 2.99. The summed E-state index contributed by atoms with van der Waals surface area (Å²) in [6, 6.07) is 0. The third-order valence-corrected chi connectivity index (χ3v) is 4.37. The summed E-state index contributed by atoms with van der Waals surface area (Å²) in [6.07, 6.45) is 8.71. The van der Waals surface area contributed by atoms with Crippen molar-refractivity contribution < 1.29 is 4.79 Å². The molecule has 0 aliphatic carbocycles. The molecule has 24 heavy (non-hydrogen) atoms. The lowest BCUT2D eigenvalue weighted by atomic mass is 9.93. The van der Waals surface area contributed by atoms with Gasteiger partial charge in [0.15, 0.2) is 0 Å². The fourth-order valence-corrected chi connectivity index (χ4v) is 2.99. The van der Waals surface area contributed by atoms with Gasteiger partial charge in [0.05, 0.1) is 11.3 Å². The summed E-state index contributed by atoms with van der Waals surface area (Å²) >= 11 is 0. The number of piperidine rings is 1. The highest BCUT2D eigenvalue weighted by Crippen LogP contribution is 2.22. The van der Waals surface area contributed by atoms with E-state index >= 15 is 0 Å². The summed E-state index contributed by atoms with van der Waals surface area (Å²) in [5.41, 5.74) is 1.54. The SMILES string of the molecule is CC(C)(C)c1cn(C[C@H]2CCCN(C(=O)c3cncnc3)C2)nn1. The molecule has 0 N–H and O–H groups in total. The highest BCUT2D eigenvalue weighted by atomic mass is 16.2. The van der Waals surface area contributed by atoms with E-state index in [1.807, 2.05) is 15.8 Å². The Bertz CT molecular complexity index is 691. The average Bonchev–Trinajstić information content (AvgIpc) is 3.04. The van der Waals surface area contributed by atoms with E-state index in [4.69, 9.17) is 0 Å². The number of carbonyl (C=O) groups excluding carboxylic acids is 1. The second kappa shape index (κ2) is 6.67. The van der Waals surface area contributed by atoms with Crippen LogP contribution in [0.15, 0.2) is 24.9 Å². The third kappa shape index (κ3) is 3.77. The summed E-state index contributed by atoms with van der Waals surface area (Å²) in [4.78, 5) is 22.3. The van der Waals surface area contributed by atoms with Crippen molar-refractivity contribution in [2.24, 2.45) is 5.92 Å². The second-order valence-corrected chi connectivity index (χ2v) is 7.46. The van der Waals surface area contributed by atoms with Crippen molar-refractivity contribution in [3.8, 4) is 0 Å². The predicted molar refractivity (Wildman–Crippen MR) is 89.4 cm³/mol. The molecule has 1 saturated heterocycles. The van der Waals surface area contributed by atoms with Gasteiger partial charge in [0.2, 0.25) is 0 Å². The first-order chi connectivity index (χ1) is 11.4. The number of rotatable bonds is 3. The topological polar surface area (TPSA) is 76.8 Å². The number of hydrogen-bond donors (Lipinski definition) is 0. The zero-order chi connectivity index (χ0) is 17.2. The Morgan fingerprint density at radius 3 is 2.71 bits per heavy atom. The van der Waals surface area contributed by atoms with Crippen molar-refractivity contribution in [3.05, 3.63) is 36.2 Å². The summed E-state index contributed by atoms with van der Waals surface area (Å²) in [5, 5.41) is 8.52. The van der Waals surface area contributed by atoms with Gasteiger partial charge in [0, 0.05) is 43.6 Å². The van der Waals surface area contributed by atoms with Crippen LogP contribution < -0.4 is 0 Å². The molecule has 1 fully saturated rings. The smallest absolute Gasteiger partial charge is 0.257 e. The number of nitrogens with zero attached hydrogens (tertiary/aromatic N) is 6. The Hall–Kier alpha value is -2.31. The van der Waals surface area contributed by atoms with E-state index in [1.165, 1.54) is 6.33 Å². The van der Waals surface area contributed by atoms with Crippen molar-refractivity contribution in [2.75, 3.05) is 13.1 Å². The largest absolute Gasteiger partial charge is 0.338 e. The Kier molecular flexibility index (Phi) is 4.59. The summed E-state index contributed by atoms with van der Waals surface area (Å²) in [6.45, 7) is 8.70. The van der Waals surface area contributed by atoms with Crippen LogP contribution in [0.2, 0.25) is 0 Å². The third-order valence-electron chi connectivity index (χ3n) is 4.37. The lowest BCUT2D eigenvalue weighted by Crippen LogP contribution is -2.41. The summed E-state index contributed by atoms with van der Waals surface area (Å²) in [5.74, 6) is 0.399. The van der Waals surface area contributed by atoms with E-state index in [0.29, 0.717) is 11.5 Å². The molecular formula is C17H24N6O. The van der Waals surface area contributed by atoms with Crippen LogP contribution in [0.4, 0.5) is 0 Å². The number of carbonyl (C=O) groups is 1. The normalized spacial score (nSPS) is 18.6. The Balaban J connectivity index is 1.63. The van der Waals surface area contributed by atoms with Crippen LogP contribution in [0.3, 0.4) is 0 Å². The van der Waals surface area contributed by atoms with Gasteiger partial charge in [-0.2, -0.15) is 0 Å². The first-order valence-electron chi connectivity index (χ1n) is 8.38. The molecule has 3 heterocycles. The molecule has 0 aromatic carbocycles. The van der Waals surface area contributed by atoms with Crippen molar-refractivity contribution in [2.45, 2.75) is 45.6 Å². The van der Waals surface area contributed by atoms with E-state index in [9.17, 15) is 4.79 Å². The van der Waals surface area contributed by atoms with Crippen molar-refractivity contribution in [1.82, 2.24) is 29.9 Å². The van der Waals surface area contributed by atoms with Crippen molar-refractivity contribution >= 4 is 5.91 Å². The number of aromatic nitrogens is 5. The van der Waals surface area contributed by atoms with Gasteiger partial charge in [-0.05, 0) is 18.8 Å². The van der Waals surface area contributed by atoms with Gasteiger partial charge in [0.25, 0.3) is 5.91 Å². The lowest BCUT2D eigenvalue weighted by molar-refractivity contribution is 0.0658. The minimum atomic E-state index is 0.000124. The molecule has 128 valence electrons. The fraction of sp³-hybridized carbons (Fsp3) is 0.588. The van der Waals surface area contributed by atoms with Gasteiger partial charge in [-0.25, -0.2) is 9.97 Å². The van der Waals surface area contributed by atoms with Gasteiger partial charge in [-0.15, -0.1) is 5.10 Å². The van der Waals surface area contributed by atoms with E-state index in [2.05, 4.69) is 41.1 Å². The van der Waals surface area contributed by atoms with Crippen LogP contribution in [-0.2, 0) is 12.0 Å². The van der Waals surface area contributed by atoms with Crippen LogP contribution in [-0.4, -0.2) is 48.9 Å². The zero-order valence-corrected chi connectivity index (χ0v) is 14.5. The van der Waals surface area contributed by atoms with Crippen LogP contribution >= 0.6 is 0 Å². The zero-order valence-electron chi connectivity index (χ0n) is 14.5. The van der Waals surface area contributed by atoms with Crippen LogP contribution in [0.1, 0.15) is 49.7 Å². The molecule has 1 aliphatic heterocycles. The van der Waals surface area contributed by atoms with E-state index in [-0.39, 0.29) is 11.3 Å². The highest BCUT2D eigenvalue weighted by molar-refractivity contribution is 5.93. The number of hydrogen-bond acceptors (Lipinski definition) is 5. The molecule has 2 aromatic heterocycles. The summed E-state index contributed by atoms with van der Waals surface area (Å²) < 4.78 is 1.91. The summed E-state index contributed by atoms with van der Waals surface area (Å²) in [7, 11) is 0. The van der Waals surface area contributed by atoms with Crippen molar-refractivity contribution in [3.63, 3.8) is 0 Å². The minimum Gasteiger partial charge on any atom is -0.338 e. The first-order valence-corrected chi connectivity index (χ1v) is 8.38. The Morgan fingerprint density at radius 2 is 2.04 bits per heavy atom. The molecule has 0 bridgehead atoms. The van der Waals surface area contributed by atoms with Crippen molar-refractivity contribution in [1.29, 1.82) is 0 Å². The van der Waals surface area contributed by atoms with Gasteiger partial charge in [-0.3, -0.25) is 9.48 Å². The molecule has 1 atom stereocenters. The molecule has 2 aromatic rings. The maximum absolute atomic E-state index is 12.5. The average molecular weight is 328 g/mol. The quantitative estimate of drug-likeness (QED) is 0.860. The highest BCUT2D eigenvalue weighted by Gasteiger charge is 2.26. The number of amides is 1. The molecule has 7 heteroatoms. The molecule has 0 radical (unpaired) electrons. The van der Waals surface area contributed by atoms with Crippen LogP contribution in [0.25, 0.3) is 0 Å². The van der Waals surface area contributed by atoms with Gasteiger partial charge >= 0.3 is 0 Å². The van der Waals surface area contributed by atoms with Crippen LogP contribution in [0.5, 0.6) is 0 Å². The number of likely N-dealkylation sites (tertiary alicyclic amines) is 1. The molecule has 7 nitrogen and oxygen atoms in total. The minimum absolute atomic E-state index is 0.000124. The maximum atomic E-state index is 12.5. The molecule has 1 amide bonds. The molecule has 3 rings (SSSR count). The molecule has 0 unspecified atom stereocenters. The predicted octanol–water partition coefficient (Wildman–Crippen LogP) is 1.92. The van der Waals surface area contributed by atoms with Crippen LogP contribution in [0, 0.1) is 5.92 Å². The van der Waals surface area contributed by atoms with Gasteiger partial charge < -0.3 is 4.90 Å². The molecular weight excluding hydrogens is 304 g/mol. The Labute approximate surface area is 142 Å². The monoisotopic (exact) mass is 328 g/mol. The van der Waals surface area contributed by atoms with E-state index in [0.717, 1.165) is 38.2 Å². The van der Waals surface area contributed by atoms with Gasteiger partial charge in [-0.1, -0.05) is 26.0 Å². The molecule has 0 saturated carbocycles. The van der Waals surface area contributed by atoms with E-state index in [1.54, 1.807) is 12.4 Å². The maximum Gasteiger partial charge on any atom is 0.257 e. The first kappa shape index (κ1) is 16.5. The standard InChI is InChI=1S/C17H24N6O/c1-17(2,3)15-11-23(21-20-15)10-13-5-4-6-22(9-13)16(24)14-7-18-12-19-8-14/h7-8,11-13H,4-6,9-10H2,1-3H3/t13-/m0/s1. The van der Waals surface area contributed by atoms with Gasteiger partial charge in [0.1, 0.15) is 6.33 Å². The lowest BCUT2D eigenvalue weighted by Gasteiger charge is -2.32. The second-order valence-electron chi connectivity index (χ2n) is 7.46. The van der Waals surface area contributed by atoms with E-state index < -0.39 is 0 Å². The molecule has 1 aliphatic rings. The molecule has 0 spiro atoms.